The highest BCUT2D eigenvalue weighted by molar-refractivity contribution is 5.61. The van der Waals surface area contributed by atoms with Crippen LogP contribution in [0.1, 0.15) is 5.56 Å². The van der Waals surface area contributed by atoms with Gasteiger partial charge in [0, 0.05) is 25.0 Å². The molecule has 0 aliphatic rings. The number of rotatable bonds is 4. The molecule has 0 aliphatic carbocycles. The standard InChI is InChI=1S/C10H13N3O/c1-14-5-4-13-9-2-3-10(12)8(6-9)7-11/h2-3,6,13H,4-5,12H2,1H3. The number of anilines is 2. The SMILES string of the molecule is COCCNc1ccc(N)c(C#N)c1. The normalized spacial score (nSPS) is 9.43. The van der Waals surface area contributed by atoms with Crippen LogP contribution in [-0.4, -0.2) is 20.3 Å². The third kappa shape index (κ3) is 2.64. The van der Waals surface area contributed by atoms with Gasteiger partial charge >= 0.3 is 0 Å². The average molecular weight is 191 g/mol. The zero-order chi connectivity index (χ0) is 10.4. The Morgan fingerprint density at radius 1 is 1.57 bits per heavy atom. The highest BCUT2D eigenvalue weighted by atomic mass is 16.5. The quantitative estimate of drug-likeness (QED) is 0.554. The maximum atomic E-state index is 8.73. The fourth-order valence-electron chi connectivity index (χ4n) is 1.06. The summed E-state index contributed by atoms with van der Waals surface area (Å²) in [5, 5.41) is 11.8. The first-order valence-corrected chi connectivity index (χ1v) is 4.30. The van der Waals surface area contributed by atoms with Crippen LogP contribution >= 0.6 is 0 Å². The van der Waals surface area contributed by atoms with Crippen molar-refractivity contribution in [3.05, 3.63) is 23.8 Å². The summed E-state index contributed by atoms with van der Waals surface area (Å²) in [5.74, 6) is 0. The summed E-state index contributed by atoms with van der Waals surface area (Å²) in [6.45, 7) is 1.34. The number of hydrogen-bond donors (Lipinski definition) is 2. The molecule has 0 unspecified atom stereocenters. The largest absolute Gasteiger partial charge is 0.398 e. The number of nitrogens with zero attached hydrogens (tertiary/aromatic N) is 1. The summed E-state index contributed by atoms with van der Waals surface area (Å²) < 4.78 is 4.89. The van der Waals surface area contributed by atoms with Crippen LogP contribution in [0, 0.1) is 11.3 Å². The molecule has 74 valence electrons. The Morgan fingerprint density at radius 2 is 2.36 bits per heavy atom. The van der Waals surface area contributed by atoms with E-state index in [1.54, 1.807) is 19.2 Å². The summed E-state index contributed by atoms with van der Waals surface area (Å²) in [6.07, 6.45) is 0. The van der Waals surface area contributed by atoms with Crippen LogP contribution in [0.5, 0.6) is 0 Å². The van der Waals surface area contributed by atoms with Crippen molar-refractivity contribution in [2.24, 2.45) is 0 Å². The Morgan fingerprint density at radius 3 is 3.00 bits per heavy atom. The van der Waals surface area contributed by atoms with Crippen LogP contribution in [0.3, 0.4) is 0 Å². The number of benzene rings is 1. The van der Waals surface area contributed by atoms with Gasteiger partial charge in [0.2, 0.25) is 0 Å². The third-order valence-electron chi connectivity index (χ3n) is 1.81. The van der Waals surface area contributed by atoms with Crippen LogP contribution < -0.4 is 11.1 Å². The van der Waals surface area contributed by atoms with E-state index in [0.29, 0.717) is 24.4 Å². The number of nitrogens with two attached hydrogens (primary N) is 1. The zero-order valence-electron chi connectivity index (χ0n) is 8.08. The smallest absolute Gasteiger partial charge is 0.101 e. The minimum atomic E-state index is 0.493. The topological polar surface area (TPSA) is 71.1 Å². The Hall–Kier alpha value is -1.73. The summed E-state index contributed by atoms with van der Waals surface area (Å²) in [6, 6.07) is 7.31. The summed E-state index contributed by atoms with van der Waals surface area (Å²) in [7, 11) is 1.64. The lowest BCUT2D eigenvalue weighted by atomic mass is 10.2. The molecule has 0 spiro atoms. The van der Waals surface area contributed by atoms with Crippen molar-refractivity contribution in [2.75, 3.05) is 31.3 Å². The summed E-state index contributed by atoms with van der Waals surface area (Å²) in [5.41, 5.74) is 7.46. The van der Waals surface area contributed by atoms with E-state index in [0.717, 1.165) is 5.69 Å². The molecular formula is C10H13N3O. The predicted molar refractivity (Wildman–Crippen MR) is 55.9 cm³/mol. The molecule has 0 amide bonds. The molecule has 0 radical (unpaired) electrons. The second-order valence-corrected chi connectivity index (χ2v) is 2.83. The van der Waals surface area contributed by atoms with E-state index >= 15 is 0 Å². The highest BCUT2D eigenvalue weighted by Gasteiger charge is 1.98. The van der Waals surface area contributed by atoms with Gasteiger partial charge in [0.15, 0.2) is 0 Å². The molecule has 0 fully saturated rings. The van der Waals surface area contributed by atoms with Crippen molar-refractivity contribution in [3.63, 3.8) is 0 Å². The first-order valence-electron chi connectivity index (χ1n) is 4.30. The number of methoxy groups -OCH3 is 1. The monoisotopic (exact) mass is 191 g/mol. The van der Waals surface area contributed by atoms with Gasteiger partial charge in [-0.2, -0.15) is 5.26 Å². The van der Waals surface area contributed by atoms with Gasteiger partial charge in [0.1, 0.15) is 6.07 Å². The van der Waals surface area contributed by atoms with E-state index in [9.17, 15) is 0 Å². The Balaban J connectivity index is 2.66. The van der Waals surface area contributed by atoms with Crippen molar-refractivity contribution >= 4 is 11.4 Å². The Bertz CT molecular complexity index is 344. The maximum Gasteiger partial charge on any atom is 0.101 e. The number of ether oxygens (including phenoxy) is 1. The molecule has 0 heterocycles. The molecule has 1 aromatic carbocycles. The second-order valence-electron chi connectivity index (χ2n) is 2.83. The predicted octanol–water partition coefficient (Wildman–Crippen LogP) is 1.20. The van der Waals surface area contributed by atoms with Gasteiger partial charge in [0.25, 0.3) is 0 Å². The lowest BCUT2D eigenvalue weighted by Crippen LogP contribution is -2.07. The lowest BCUT2D eigenvalue weighted by Gasteiger charge is -2.06. The number of nitrogens with one attached hydrogen (secondary N) is 1. The van der Waals surface area contributed by atoms with Gasteiger partial charge < -0.3 is 15.8 Å². The maximum absolute atomic E-state index is 8.73. The van der Waals surface area contributed by atoms with Crippen LogP contribution in [0.15, 0.2) is 18.2 Å². The number of nitrogen functional groups attached to an aromatic ring is 1. The van der Waals surface area contributed by atoms with Crippen LogP contribution in [-0.2, 0) is 4.74 Å². The van der Waals surface area contributed by atoms with E-state index in [1.807, 2.05) is 12.1 Å². The van der Waals surface area contributed by atoms with E-state index in [-0.39, 0.29) is 0 Å². The van der Waals surface area contributed by atoms with Gasteiger partial charge in [-0.25, -0.2) is 0 Å². The molecule has 14 heavy (non-hydrogen) atoms. The lowest BCUT2D eigenvalue weighted by molar-refractivity contribution is 0.211. The van der Waals surface area contributed by atoms with E-state index < -0.39 is 0 Å². The Kier molecular flexibility index (Phi) is 3.77. The molecule has 0 saturated carbocycles. The van der Waals surface area contributed by atoms with Gasteiger partial charge in [0.05, 0.1) is 12.2 Å². The molecule has 0 atom stereocenters. The van der Waals surface area contributed by atoms with E-state index in [2.05, 4.69) is 5.32 Å². The first kappa shape index (κ1) is 10.4. The Labute approximate surface area is 83.3 Å². The van der Waals surface area contributed by atoms with Crippen molar-refractivity contribution < 1.29 is 4.74 Å². The summed E-state index contributed by atoms with van der Waals surface area (Å²) >= 11 is 0. The molecule has 1 rings (SSSR count). The van der Waals surface area contributed by atoms with Gasteiger partial charge in [-0.1, -0.05) is 0 Å². The third-order valence-corrected chi connectivity index (χ3v) is 1.81. The molecule has 0 saturated heterocycles. The van der Waals surface area contributed by atoms with Crippen molar-refractivity contribution in [3.8, 4) is 6.07 Å². The highest BCUT2D eigenvalue weighted by Crippen LogP contribution is 2.16. The van der Waals surface area contributed by atoms with Crippen molar-refractivity contribution in [1.82, 2.24) is 0 Å². The van der Waals surface area contributed by atoms with Crippen molar-refractivity contribution in [2.45, 2.75) is 0 Å². The molecule has 4 heteroatoms. The molecular weight excluding hydrogens is 178 g/mol. The second kappa shape index (κ2) is 5.10. The van der Waals surface area contributed by atoms with Crippen LogP contribution in [0.4, 0.5) is 11.4 Å². The first-order chi connectivity index (χ1) is 6.77. The number of hydrogen-bond acceptors (Lipinski definition) is 4. The molecule has 4 nitrogen and oxygen atoms in total. The average Bonchev–Trinajstić information content (AvgIpc) is 2.21. The molecule has 3 N–H and O–H groups in total. The van der Waals surface area contributed by atoms with E-state index in [1.165, 1.54) is 0 Å². The molecule has 0 aliphatic heterocycles. The van der Waals surface area contributed by atoms with Gasteiger partial charge in [-0.15, -0.1) is 0 Å². The zero-order valence-corrected chi connectivity index (χ0v) is 8.08. The molecule has 1 aromatic rings. The fourth-order valence-corrected chi connectivity index (χ4v) is 1.06. The van der Waals surface area contributed by atoms with Crippen LogP contribution in [0.25, 0.3) is 0 Å². The molecule has 0 aromatic heterocycles. The summed E-state index contributed by atoms with van der Waals surface area (Å²) in [4.78, 5) is 0. The van der Waals surface area contributed by atoms with Crippen LogP contribution in [0.2, 0.25) is 0 Å². The fraction of sp³-hybridized carbons (Fsp3) is 0.300. The van der Waals surface area contributed by atoms with E-state index in [4.69, 9.17) is 15.7 Å². The van der Waals surface area contributed by atoms with Gasteiger partial charge in [-0.05, 0) is 18.2 Å². The molecule has 0 bridgehead atoms. The van der Waals surface area contributed by atoms with Crippen molar-refractivity contribution in [1.29, 1.82) is 5.26 Å². The minimum absolute atomic E-state index is 0.493. The minimum Gasteiger partial charge on any atom is -0.398 e. The number of nitriles is 1. The van der Waals surface area contributed by atoms with Gasteiger partial charge in [-0.3, -0.25) is 0 Å².